The number of hydrogen-bond acceptors (Lipinski definition) is 4. The average Bonchev–Trinajstić information content (AvgIpc) is 2.02. The van der Waals surface area contributed by atoms with Crippen LogP contribution in [0.15, 0.2) is 0 Å². The molecule has 0 bridgehead atoms. The Morgan fingerprint density at radius 1 is 1.36 bits per heavy atom. The smallest absolute Gasteiger partial charge is 0.466 e. The monoisotopic (exact) mass is 226 g/mol. The van der Waals surface area contributed by atoms with Gasteiger partial charge in [-0.25, -0.2) is 4.57 Å². The van der Waals surface area contributed by atoms with Crippen LogP contribution in [-0.4, -0.2) is 29.0 Å². The molecule has 0 aliphatic heterocycles. The number of ether oxygens (including phenoxy) is 1. The molecular formula is C7H15O6P. The molecule has 7 heteroatoms. The lowest BCUT2D eigenvalue weighted by molar-refractivity contribution is -0.143. The molecular weight excluding hydrogens is 211 g/mol. The number of rotatable bonds is 7. The Balaban J connectivity index is 3.30. The highest BCUT2D eigenvalue weighted by Crippen LogP contribution is 2.35. The van der Waals surface area contributed by atoms with Gasteiger partial charge < -0.3 is 14.5 Å². The van der Waals surface area contributed by atoms with Crippen molar-refractivity contribution in [2.24, 2.45) is 0 Å². The van der Waals surface area contributed by atoms with Gasteiger partial charge in [0, 0.05) is 12.8 Å². The molecule has 0 heterocycles. The topological polar surface area (TPSA) is 93.1 Å². The first-order valence-corrected chi connectivity index (χ1v) is 5.84. The average molecular weight is 226 g/mol. The second kappa shape index (κ2) is 6.95. The van der Waals surface area contributed by atoms with Gasteiger partial charge in [-0.15, -0.1) is 0 Å². The van der Waals surface area contributed by atoms with E-state index in [-0.39, 0.29) is 25.6 Å². The molecule has 84 valence electrons. The largest absolute Gasteiger partial charge is 0.469 e. The second-order valence-corrected chi connectivity index (χ2v) is 3.89. The van der Waals surface area contributed by atoms with Crippen LogP contribution in [0.25, 0.3) is 0 Å². The number of esters is 1. The zero-order valence-electron chi connectivity index (χ0n) is 8.01. The SMILES string of the molecule is CCCC(=O)OCCCOP(=O)(O)O. The van der Waals surface area contributed by atoms with E-state index in [2.05, 4.69) is 4.52 Å². The fourth-order valence-corrected chi connectivity index (χ4v) is 1.07. The maximum absolute atomic E-state index is 10.8. The normalized spacial score (nSPS) is 11.4. The molecule has 0 aliphatic rings. The lowest BCUT2D eigenvalue weighted by atomic mass is 10.3. The first-order valence-electron chi connectivity index (χ1n) is 4.31. The van der Waals surface area contributed by atoms with Crippen LogP contribution in [0.4, 0.5) is 0 Å². The molecule has 0 aliphatic carbocycles. The molecule has 0 saturated heterocycles. The van der Waals surface area contributed by atoms with Crippen molar-refractivity contribution < 1.29 is 28.4 Å². The molecule has 0 aromatic carbocycles. The predicted molar refractivity (Wildman–Crippen MR) is 48.5 cm³/mol. The summed E-state index contributed by atoms with van der Waals surface area (Å²) in [6.45, 7) is 1.86. The van der Waals surface area contributed by atoms with Crippen molar-refractivity contribution in [3.05, 3.63) is 0 Å². The lowest BCUT2D eigenvalue weighted by Gasteiger charge is -2.05. The molecule has 0 unspecified atom stereocenters. The Kier molecular flexibility index (Phi) is 6.74. The van der Waals surface area contributed by atoms with Gasteiger partial charge in [-0.2, -0.15) is 0 Å². The Bertz CT molecular complexity index is 210. The number of carbonyl (C=O) groups is 1. The Morgan fingerprint density at radius 3 is 2.50 bits per heavy atom. The van der Waals surface area contributed by atoms with E-state index in [1.807, 2.05) is 6.92 Å². The minimum absolute atomic E-state index is 0.121. The minimum atomic E-state index is -4.38. The van der Waals surface area contributed by atoms with Crippen molar-refractivity contribution in [3.63, 3.8) is 0 Å². The molecule has 0 fully saturated rings. The van der Waals surface area contributed by atoms with E-state index >= 15 is 0 Å². The van der Waals surface area contributed by atoms with Crippen molar-refractivity contribution in [3.8, 4) is 0 Å². The maximum atomic E-state index is 10.8. The quantitative estimate of drug-likeness (QED) is 0.379. The number of carbonyl (C=O) groups excluding carboxylic acids is 1. The van der Waals surface area contributed by atoms with Gasteiger partial charge in [-0.3, -0.25) is 9.32 Å². The highest BCUT2D eigenvalue weighted by atomic mass is 31.2. The van der Waals surface area contributed by atoms with E-state index in [4.69, 9.17) is 14.5 Å². The summed E-state index contributed by atoms with van der Waals surface area (Å²) < 4.78 is 19.1. The molecule has 0 aromatic rings. The lowest BCUT2D eigenvalue weighted by Crippen LogP contribution is -2.06. The van der Waals surface area contributed by atoms with E-state index in [9.17, 15) is 9.36 Å². The number of phosphoric acid groups is 1. The van der Waals surface area contributed by atoms with Gasteiger partial charge in [0.25, 0.3) is 0 Å². The Morgan fingerprint density at radius 2 is 2.00 bits per heavy atom. The third kappa shape index (κ3) is 9.67. The molecule has 6 nitrogen and oxygen atoms in total. The first-order chi connectivity index (χ1) is 6.45. The summed E-state index contributed by atoms with van der Waals surface area (Å²) in [5, 5.41) is 0. The van der Waals surface area contributed by atoms with Gasteiger partial charge in [-0.05, 0) is 6.42 Å². The van der Waals surface area contributed by atoms with Crippen molar-refractivity contribution in [2.75, 3.05) is 13.2 Å². The Labute approximate surface area is 82.5 Å². The standard InChI is InChI=1S/C7H15O6P/c1-2-4-7(8)12-5-3-6-13-14(9,10)11/h2-6H2,1H3,(H2,9,10,11). The zero-order chi connectivity index (χ0) is 11.0. The summed E-state index contributed by atoms with van der Waals surface area (Å²) >= 11 is 0. The van der Waals surface area contributed by atoms with Crippen LogP contribution in [0.2, 0.25) is 0 Å². The Hall–Kier alpha value is -0.420. The molecule has 2 N–H and O–H groups in total. The predicted octanol–water partition coefficient (Wildman–Crippen LogP) is 0.829. The van der Waals surface area contributed by atoms with Gasteiger partial charge in [0.1, 0.15) is 0 Å². The number of hydrogen-bond donors (Lipinski definition) is 2. The van der Waals surface area contributed by atoms with E-state index in [1.54, 1.807) is 0 Å². The van der Waals surface area contributed by atoms with Gasteiger partial charge in [0.15, 0.2) is 0 Å². The minimum Gasteiger partial charge on any atom is -0.466 e. The van der Waals surface area contributed by atoms with Crippen LogP contribution in [-0.2, 0) is 18.6 Å². The van der Waals surface area contributed by atoms with Crippen molar-refractivity contribution >= 4 is 13.8 Å². The van der Waals surface area contributed by atoms with E-state index in [0.29, 0.717) is 6.42 Å². The highest BCUT2D eigenvalue weighted by Gasteiger charge is 2.12. The van der Waals surface area contributed by atoms with Crippen molar-refractivity contribution in [1.82, 2.24) is 0 Å². The van der Waals surface area contributed by atoms with Crippen LogP contribution in [0.1, 0.15) is 26.2 Å². The van der Waals surface area contributed by atoms with E-state index in [0.717, 1.165) is 6.42 Å². The third-order valence-corrected chi connectivity index (χ3v) is 1.78. The van der Waals surface area contributed by atoms with Crippen LogP contribution < -0.4 is 0 Å². The van der Waals surface area contributed by atoms with Gasteiger partial charge in [0.2, 0.25) is 0 Å². The first kappa shape index (κ1) is 13.6. The summed E-state index contributed by atoms with van der Waals surface area (Å²) in [5.41, 5.74) is 0. The summed E-state index contributed by atoms with van der Waals surface area (Å²) in [5.74, 6) is -0.302. The summed E-state index contributed by atoms with van der Waals surface area (Å²) in [6.07, 6.45) is 1.36. The molecule has 0 saturated carbocycles. The van der Waals surface area contributed by atoms with Gasteiger partial charge >= 0.3 is 13.8 Å². The summed E-state index contributed by atoms with van der Waals surface area (Å²) in [7, 11) is -4.38. The molecule has 0 aromatic heterocycles. The molecule has 0 amide bonds. The molecule has 0 spiro atoms. The van der Waals surface area contributed by atoms with Crippen LogP contribution in [0.5, 0.6) is 0 Å². The van der Waals surface area contributed by atoms with Crippen LogP contribution in [0, 0.1) is 0 Å². The summed E-state index contributed by atoms with van der Waals surface area (Å²) in [4.78, 5) is 27.4. The van der Waals surface area contributed by atoms with Crippen LogP contribution >= 0.6 is 7.82 Å². The van der Waals surface area contributed by atoms with Crippen molar-refractivity contribution in [1.29, 1.82) is 0 Å². The third-order valence-electron chi connectivity index (χ3n) is 1.27. The second-order valence-electron chi connectivity index (χ2n) is 2.65. The fraction of sp³-hybridized carbons (Fsp3) is 0.857. The fourth-order valence-electron chi connectivity index (χ4n) is 0.705. The molecule has 0 radical (unpaired) electrons. The summed E-state index contributed by atoms with van der Waals surface area (Å²) in [6, 6.07) is 0. The molecule has 0 rings (SSSR count). The van der Waals surface area contributed by atoms with Crippen LogP contribution in [0.3, 0.4) is 0 Å². The van der Waals surface area contributed by atoms with Gasteiger partial charge in [-0.1, -0.05) is 6.92 Å². The molecule has 0 atom stereocenters. The van der Waals surface area contributed by atoms with Gasteiger partial charge in [0.05, 0.1) is 13.2 Å². The maximum Gasteiger partial charge on any atom is 0.469 e. The number of phosphoric ester groups is 1. The van der Waals surface area contributed by atoms with E-state index < -0.39 is 7.82 Å². The zero-order valence-corrected chi connectivity index (χ0v) is 8.90. The highest BCUT2D eigenvalue weighted by molar-refractivity contribution is 7.46. The molecule has 14 heavy (non-hydrogen) atoms. The van der Waals surface area contributed by atoms with Crippen molar-refractivity contribution in [2.45, 2.75) is 26.2 Å². The van der Waals surface area contributed by atoms with E-state index in [1.165, 1.54) is 0 Å².